The molecule has 0 radical (unpaired) electrons. The molecule has 1 aliphatic heterocycles. The van der Waals surface area contributed by atoms with Crippen LogP contribution in [0.3, 0.4) is 0 Å². The number of nitrogens with two attached hydrogens (primary N) is 1. The summed E-state index contributed by atoms with van der Waals surface area (Å²) in [6, 6.07) is 10.3. The van der Waals surface area contributed by atoms with Gasteiger partial charge in [-0.2, -0.15) is 0 Å². The second kappa shape index (κ2) is 6.32. The molecule has 0 aliphatic carbocycles. The minimum atomic E-state index is 0.308. The number of anilines is 1. The highest BCUT2D eigenvalue weighted by Gasteiger charge is 2.19. The maximum Gasteiger partial charge on any atom is 0.226 e. The number of nitrogens with zero attached hydrogens (tertiary/aromatic N) is 3. The Morgan fingerprint density at radius 2 is 1.82 bits per heavy atom. The summed E-state index contributed by atoms with van der Waals surface area (Å²) in [5, 5.41) is 0. The number of hydrogen-bond acceptors (Lipinski definition) is 5. The van der Waals surface area contributed by atoms with Crippen molar-refractivity contribution >= 4 is 5.95 Å². The highest BCUT2D eigenvalue weighted by molar-refractivity contribution is 5.62. The number of aromatic nitrogens is 2. The van der Waals surface area contributed by atoms with Gasteiger partial charge in [0.25, 0.3) is 0 Å². The number of ether oxygens (including phenoxy) is 1. The molecule has 0 bridgehead atoms. The Balaban J connectivity index is 1.88. The van der Waals surface area contributed by atoms with E-state index in [0.29, 0.717) is 6.04 Å². The molecule has 2 N–H and O–H groups in total. The first-order chi connectivity index (χ1) is 10.7. The second-order valence-electron chi connectivity index (χ2n) is 5.75. The normalized spacial score (nSPS) is 15.9. The number of aryl methyl sites for hydroxylation is 1. The lowest BCUT2D eigenvalue weighted by molar-refractivity contribution is 0.415. The van der Waals surface area contributed by atoms with Gasteiger partial charge in [0.2, 0.25) is 5.95 Å². The average molecular weight is 298 g/mol. The van der Waals surface area contributed by atoms with Gasteiger partial charge in [-0.3, -0.25) is 0 Å². The van der Waals surface area contributed by atoms with Gasteiger partial charge in [0, 0.05) is 30.4 Å². The lowest BCUT2D eigenvalue weighted by atomic mass is 10.1. The van der Waals surface area contributed by atoms with Crippen LogP contribution in [0.4, 0.5) is 5.95 Å². The molecule has 116 valence electrons. The standard InChI is InChI=1S/C17H22N4O/c1-12-11-16(13-3-5-15(22-2)6-4-13)20-17(19-12)21-9-7-14(18)8-10-21/h3-6,11,14H,7-10,18H2,1-2H3. The fraction of sp³-hybridized carbons (Fsp3) is 0.412. The molecule has 0 amide bonds. The molecule has 5 heteroatoms. The Labute approximate surface area is 131 Å². The van der Waals surface area contributed by atoms with Crippen molar-refractivity contribution in [2.75, 3.05) is 25.1 Å². The van der Waals surface area contributed by atoms with Gasteiger partial charge < -0.3 is 15.4 Å². The highest BCUT2D eigenvalue weighted by Crippen LogP contribution is 2.24. The minimum absolute atomic E-state index is 0.308. The molecule has 3 rings (SSSR count). The molecule has 2 aromatic rings. The number of methoxy groups -OCH3 is 1. The molecule has 1 aliphatic rings. The fourth-order valence-corrected chi connectivity index (χ4v) is 2.70. The SMILES string of the molecule is COc1ccc(-c2cc(C)nc(N3CCC(N)CC3)n2)cc1. The van der Waals surface area contributed by atoms with Crippen LogP contribution < -0.4 is 15.4 Å². The predicted molar refractivity (Wildman–Crippen MR) is 88.2 cm³/mol. The molecule has 0 saturated carbocycles. The molecule has 0 atom stereocenters. The first-order valence-corrected chi connectivity index (χ1v) is 7.66. The number of rotatable bonds is 3. The van der Waals surface area contributed by atoms with Gasteiger partial charge in [0.15, 0.2) is 0 Å². The summed E-state index contributed by atoms with van der Waals surface area (Å²) in [6.07, 6.45) is 1.99. The molecule has 0 unspecified atom stereocenters. The Morgan fingerprint density at radius 1 is 1.14 bits per heavy atom. The smallest absolute Gasteiger partial charge is 0.226 e. The third-order valence-electron chi connectivity index (χ3n) is 4.05. The van der Waals surface area contributed by atoms with Gasteiger partial charge in [-0.15, -0.1) is 0 Å². The second-order valence-corrected chi connectivity index (χ2v) is 5.75. The van der Waals surface area contributed by atoms with Crippen LogP contribution in [0.15, 0.2) is 30.3 Å². The van der Waals surface area contributed by atoms with Crippen LogP contribution in [0, 0.1) is 6.92 Å². The molecule has 5 nitrogen and oxygen atoms in total. The quantitative estimate of drug-likeness (QED) is 0.942. The fourth-order valence-electron chi connectivity index (χ4n) is 2.70. The van der Waals surface area contributed by atoms with Crippen molar-refractivity contribution in [3.8, 4) is 17.0 Å². The van der Waals surface area contributed by atoms with Crippen molar-refractivity contribution in [2.45, 2.75) is 25.8 Å². The van der Waals surface area contributed by atoms with Crippen molar-refractivity contribution in [1.82, 2.24) is 9.97 Å². The number of benzene rings is 1. The van der Waals surface area contributed by atoms with E-state index in [2.05, 4.69) is 9.88 Å². The zero-order chi connectivity index (χ0) is 15.5. The van der Waals surface area contributed by atoms with Crippen LogP contribution >= 0.6 is 0 Å². The van der Waals surface area contributed by atoms with Crippen molar-refractivity contribution in [1.29, 1.82) is 0 Å². The number of hydrogen-bond donors (Lipinski definition) is 1. The molecule has 22 heavy (non-hydrogen) atoms. The Hall–Kier alpha value is -2.14. The summed E-state index contributed by atoms with van der Waals surface area (Å²) in [5.41, 5.74) is 8.97. The largest absolute Gasteiger partial charge is 0.497 e. The molecular weight excluding hydrogens is 276 g/mol. The van der Waals surface area contributed by atoms with Crippen molar-refractivity contribution in [3.63, 3.8) is 0 Å². The van der Waals surface area contributed by atoms with Gasteiger partial charge in [0.1, 0.15) is 5.75 Å². The van der Waals surface area contributed by atoms with Crippen LogP contribution in [-0.4, -0.2) is 36.2 Å². The van der Waals surface area contributed by atoms with Gasteiger partial charge in [-0.05, 0) is 50.1 Å². The summed E-state index contributed by atoms with van der Waals surface area (Å²) in [7, 11) is 1.67. The Bertz CT molecular complexity index is 634. The minimum Gasteiger partial charge on any atom is -0.497 e. The summed E-state index contributed by atoms with van der Waals surface area (Å²) in [5.74, 6) is 1.65. The summed E-state index contributed by atoms with van der Waals surface area (Å²) < 4.78 is 5.20. The van der Waals surface area contributed by atoms with E-state index in [1.165, 1.54) is 0 Å². The maximum absolute atomic E-state index is 5.97. The zero-order valence-corrected chi connectivity index (χ0v) is 13.1. The van der Waals surface area contributed by atoms with E-state index in [1.807, 2.05) is 37.3 Å². The van der Waals surface area contributed by atoms with E-state index in [4.69, 9.17) is 15.5 Å². The lowest BCUT2D eigenvalue weighted by Gasteiger charge is -2.30. The Kier molecular flexibility index (Phi) is 4.24. The average Bonchev–Trinajstić information content (AvgIpc) is 2.55. The zero-order valence-electron chi connectivity index (χ0n) is 13.1. The van der Waals surface area contributed by atoms with Crippen LogP contribution in [0.5, 0.6) is 5.75 Å². The lowest BCUT2D eigenvalue weighted by Crippen LogP contribution is -2.40. The summed E-state index contributed by atoms with van der Waals surface area (Å²) in [6.45, 7) is 3.85. The molecule has 1 saturated heterocycles. The van der Waals surface area contributed by atoms with Crippen LogP contribution in [0.25, 0.3) is 11.3 Å². The molecule has 2 heterocycles. The van der Waals surface area contributed by atoms with Gasteiger partial charge >= 0.3 is 0 Å². The van der Waals surface area contributed by atoms with Gasteiger partial charge in [-0.25, -0.2) is 9.97 Å². The van der Waals surface area contributed by atoms with E-state index < -0.39 is 0 Å². The van der Waals surface area contributed by atoms with Gasteiger partial charge in [0.05, 0.1) is 12.8 Å². The first kappa shape index (κ1) is 14.8. The van der Waals surface area contributed by atoms with Crippen LogP contribution in [-0.2, 0) is 0 Å². The van der Waals surface area contributed by atoms with E-state index in [0.717, 1.165) is 54.6 Å². The van der Waals surface area contributed by atoms with Crippen LogP contribution in [0.2, 0.25) is 0 Å². The monoisotopic (exact) mass is 298 g/mol. The summed E-state index contributed by atoms with van der Waals surface area (Å²) in [4.78, 5) is 11.6. The molecule has 1 aromatic heterocycles. The van der Waals surface area contributed by atoms with Crippen molar-refractivity contribution < 1.29 is 4.74 Å². The van der Waals surface area contributed by atoms with E-state index in [1.54, 1.807) is 7.11 Å². The topological polar surface area (TPSA) is 64.3 Å². The van der Waals surface area contributed by atoms with Gasteiger partial charge in [-0.1, -0.05) is 0 Å². The predicted octanol–water partition coefficient (Wildman–Crippen LogP) is 2.39. The number of piperidine rings is 1. The van der Waals surface area contributed by atoms with Crippen molar-refractivity contribution in [2.24, 2.45) is 5.73 Å². The van der Waals surface area contributed by atoms with Crippen LogP contribution in [0.1, 0.15) is 18.5 Å². The Morgan fingerprint density at radius 3 is 2.45 bits per heavy atom. The first-order valence-electron chi connectivity index (χ1n) is 7.66. The maximum atomic E-state index is 5.97. The molecule has 1 aromatic carbocycles. The molecule has 0 spiro atoms. The van der Waals surface area contributed by atoms with E-state index in [-0.39, 0.29) is 0 Å². The third kappa shape index (κ3) is 3.20. The van der Waals surface area contributed by atoms with E-state index >= 15 is 0 Å². The van der Waals surface area contributed by atoms with E-state index in [9.17, 15) is 0 Å². The molecule has 1 fully saturated rings. The summed E-state index contributed by atoms with van der Waals surface area (Å²) >= 11 is 0. The van der Waals surface area contributed by atoms with Crippen molar-refractivity contribution in [3.05, 3.63) is 36.0 Å². The molecular formula is C17H22N4O. The third-order valence-corrected chi connectivity index (χ3v) is 4.05. The highest BCUT2D eigenvalue weighted by atomic mass is 16.5.